The van der Waals surface area contributed by atoms with Crippen LogP contribution in [0.25, 0.3) is 0 Å². The smallest absolute Gasteiger partial charge is 0.393 e. The molecule has 1 aliphatic rings. The van der Waals surface area contributed by atoms with Crippen LogP contribution in [0.3, 0.4) is 0 Å². The van der Waals surface area contributed by atoms with E-state index in [0.29, 0.717) is 25.7 Å². The molecule has 172 valence electrons. The lowest BCUT2D eigenvalue weighted by molar-refractivity contribution is -0.139. The molecule has 0 atom stereocenters. The van der Waals surface area contributed by atoms with Gasteiger partial charge in [0.15, 0.2) is 0 Å². The summed E-state index contributed by atoms with van der Waals surface area (Å²) in [5.74, 6) is 0.103. The van der Waals surface area contributed by atoms with Crippen LogP contribution in [0.4, 0.5) is 18.9 Å². The fourth-order valence-corrected chi connectivity index (χ4v) is 5.32. The Hall–Kier alpha value is -1.32. The van der Waals surface area contributed by atoms with E-state index < -0.39 is 26.7 Å². The maximum atomic E-state index is 13.7. The lowest BCUT2D eigenvalue weighted by atomic mass is 9.93. The van der Waals surface area contributed by atoms with Crippen molar-refractivity contribution >= 4 is 15.7 Å². The third-order valence-corrected chi connectivity index (χ3v) is 7.08. The van der Waals surface area contributed by atoms with E-state index in [9.17, 15) is 26.7 Å². The van der Waals surface area contributed by atoms with Gasteiger partial charge in [0.1, 0.15) is 0 Å². The normalized spacial score (nSPS) is 20.5. The van der Waals surface area contributed by atoms with Crippen molar-refractivity contribution < 1.29 is 26.7 Å². The molecule has 0 saturated heterocycles. The van der Waals surface area contributed by atoms with E-state index in [2.05, 4.69) is 10.0 Å². The van der Waals surface area contributed by atoms with E-state index in [4.69, 9.17) is 0 Å². The Morgan fingerprint density at radius 1 is 1.10 bits per heavy atom. The van der Waals surface area contributed by atoms with E-state index in [1.165, 1.54) is 6.07 Å². The van der Waals surface area contributed by atoms with Gasteiger partial charge in [-0.25, -0.2) is 13.1 Å². The molecule has 0 aromatic heterocycles. The van der Waals surface area contributed by atoms with Crippen molar-refractivity contribution in [3.8, 4) is 0 Å². The highest BCUT2D eigenvalue weighted by molar-refractivity contribution is 7.89. The Morgan fingerprint density at radius 3 is 2.23 bits per heavy atom. The number of hydrogen-bond donors (Lipinski definition) is 3. The number of nitrogens with one attached hydrogen (secondary N) is 2. The largest absolute Gasteiger partial charge is 0.417 e. The van der Waals surface area contributed by atoms with Gasteiger partial charge in [0, 0.05) is 18.3 Å². The van der Waals surface area contributed by atoms with Crippen LogP contribution in [0.5, 0.6) is 0 Å². The van der Waals surface area contributed by atoms with Crippen LogP contribution < -0.4 is 10.0 Å². The van der Waals surface area contributed by atoms with Crippen LogP contribution in [-0.2, 0) is 16.2 Å². The number of aliphatic hydroxyl groups is 1. The first kappa shape index (κ1) is 24.9. The zero-order valence-corrected chi connectivity index (χ0v) is 18.5. The molecule has 0 spiro atoms. The molecule has 0 unspecified atom stereocenters. The summed E-state index contributed by atoms with van der Waals surface area (Å²) in [7, 11) is -4.29. The number of sulfonamides is 1. The van der Waals surface area contributed by atoms with E-state index in [1.807, 2.05) is 13.8 Å². The minimum absolute atomic E-state index is 0.0427. The Morgan fingerprint density at radius 2 is 1.70 bits per heavy atom. The molecule has 3 N–H and O–H groups in total. The second kappa shape index (κ2) is 10.8. The molecular weight excluding hydrogens is 417 g/mol. The number of alkyl halides is 3. The highest BCUT2D eigenvalue weighted by Gasteiger charge is 2.37. The Labute approximate surface area is 177 Å². The summed E-state index contributed by atoms with van der Waals surface area (Å²) in [6, 6.07) is 3.23. The summed E-state index contributed by atoms with van der Waals surface area (Å²) in [6.07, 6.45) is 0.752. The van der Waals surface area contributed by atoms with Crippen molar-refractivity contribution in [2.45, 2.75) is 88.4 Å². The van der Waals surface area contributed by atoms with Crippen molar-refractivity contribution in [1.82, 2.24) is 4.72 Å². The van der Waals surface area contributed by atoms with Gasteiger partial charge in [-0.05, 0) is 62.6 Å². The molecule has 0 heterocycles. The highest BCUT2D eigenvalue weighted by Crippen LogP contribution is 2.36. The van der Waals surface area contributed by atoms with E-state index in [1.54, 1.807) is 0 Å². The fourth-order valence-electron chi connectivity index (χ4n) is 4.00. The molecule has 5 nitrogen and oxygen atoms in total. The Bertz CT molecular complexity index is 770. The summed E-state index contributed by atoms with van der Waals surface area (Å²) in [5.41, 5.74) is -0.934. The summed E-state index contributed by atoms with van der Waals surface area (Å²) in [4.78, 5) is -0.744. The minimum atomic E-state index is -4.79. The maximum Gasteiger partial charge on any atom is 0.417 e. The predicted molar refractivity (Wildman–Crippen MR) is 112 cm³/mol. The third-order valence-electron chi connectivity index (χ3n) is 5.60. The molecule has 1 aromatic rings. The van der Waals surface area contributed by atoms with E-state index in [0.717, 1.165) is 37.8 Å². The van der Waals surface area contributed by atoms with Gasteiger partial charge in [-0.1, -0.05) is 26.7 Å². The summed E-state index contributed by atoms with van der Waals surface area (Å²) in [5, 5.41) is 12.6. The number of halogens is 3. The van der Waals surface area contributed by atoms with Crippen LogP contribution in [0.15, 0.2) is 23.1 Å². The molecule has 2 rings (SSSR count). The molecule has 1 fully saturated rings. The van der Waals surface area contributed by atoms with Crippen molar-refractivity contribution in [2.24, 2.45) is 5.92 Å². The average molecular weight is 451 g/mol. The first-order valence-corrected chi connectivity index (χ1v) is 12.2. The minimum Gasteiger partial charge on any atom is -0.393 e. The molecule has 30 heavy (non-hydrogen) atoms. The topological polar surface area (TPSA) is 78.4 Å². The van der Waals surface area contributed by atoms with Crippen LogP contribution >= 0.6 is 0 Å². The molecule has 0 radical (unpaired) electrons. The lowest BCUT2D eigenvalue weighted by Crippen LogP contribution is -2.31. The second-order valence-corrected chi connectivity index (χ2v) is 9.89. The molecule has 0 amide bonds. The predicted octanol–water partition coefficient (Wildman–Crippen LogP) is 4.92. The fraction of sp³-hybridized carbons (Fsp3) is 0.714. The monoisotopic (exact) mass is 450 g/mol. The number of rotatable bonds is 10. The van der Waals surface area contributed by atoms with Crippen LogP contribution in [0, 0.1) is 5.92 Å². The van der Waals surface area contributed by atoms with Crippen LogP contribution in [0.2, 0.25) is 0 Å². The van der Waals surface area contributed by atoms with Crippen molar-refractivity contribution in [1.29, 1.82) is 0 Å². The summed E-state index contributed by atoms with van der Waals surface area (Å²) >= 11 is 0. The molecule has 9 heteroatoms. The molecule has 1 aliphatic carbocycles. The lowest BCUT2D eigenvalue weighted by Gasteiger charge is -2.27. The quantitative estimate of drug-likeness (QED) is 0.473. The number of benzene rings is 1. The summed E-state index contributed by atoms with van der Waals surface area (Å²) in [6.45, 7) is 4.13. The zero-order chi connectivity index (χ0) is 22.4. The first-order chi connectivity index (χ1) is 14.1. The summed E-state index contributed by atoms with van der Waals surface area (Å²) < 4.78 is 68.8. The maximum absolute atomic E-state index is 13.7. The Balaban J connectivity index is 2.21. The van der Waals surface area contributed by atoms with E-state index in [-0.39, 0.29) is 30.3 Å². The van der Waals surface area contributed by atoms with Crippen molar-refractivity contribution in [3.63, 3.8) is 0 Å². The SMILES string of the molecule is CCCC(CCC)CNS(=O)(=O)c1ccc(NC2CCC(O)CC2)cc1C(F)(F)F. The average Bonchev–Trinajstić information content (AvgIpc) is 2.67. The van der Waals surface area contributed by atoms with E-state index >= 15 is 0 Å². The standard InChI is InChI=1S/C21H33F3N2O3S/c1-3-5-15(6-4-2)14-25-30(28,29)20-12-9-17(13-19(20)21(22,23)24)26-16-7-10-18(27)11-8-16/h9,12-13,15-16,18,25-27H,3-8,10-11,14H2,1-2H3. The van der Waals surface area contributed by atoms with Crippen LogP contribution in [-0.4, -0.2) is 32.2 Å². The molecule has 1 saturated carbocycles. The van der Waals surface area contributed by atoms with Gasteiger partial charge in [-0.15, -0.1) is 0 Å². The zero-order valence-electron chi connectivity index (χ0n) is 17.6. The molecule has 0 aliphatic heterocycles. The second-order valence-electron chi connectivity index (χ2n) is 8.15. The van der Waals surface area contributed by atoms with Gasteiger partial charge < -0.3 is 10.4 Å². The number of aliphatic hydroxyl groups excluding tert-OH is 1. The number of anilines is 1. The number of hydrogen-bond acceptors (Lipinski definition) is 4. The molecule has 1 aromatic carbocycles. The van der Waals surface area contributed by atoms with Crippen molar-refractivity contribution in [3.05, 3.63) is 23.8 Å². The highest BCUT2D eigenvalue weighted by atomic mass is 32.2. The Kier molecular flexibility index (Phi) is 8.99. The third kappa shape index (κ3) is 7.13. The van der Waals surface area contributed by atoms with Gasteiger partial charge in [0.05, 0.1) is 16.6 Å². The van der Waals surface area contributed by atoms with Gasteiger partial charge in [0.2, 0.25) is 10.0 Å². The van der Waals surface area contributed by atoms with Gasteiger partial charge in [-0.3, -0.25) is 0 Å². The van der Waals surface area contributed by atoms with Crippen LogP contribution in [0.1, 0.15) is 70.8 Å². The van der Waals surface area contributed by atoms with Gasteiger partial charge in [-0.2, -0.15) is 13.2 Å². The van der Waals surface area contributed by atoms with Crippen molar-refractivity contribution in [2.75, 3.05) is 11.9 Å². The van der Waals surface area contributed by atoms with Gasteiger partial charge in [0.25, 0.3) is 0 Å². The molecular formula is C21H33F3N2O3S. The molecule has 0 bridgehead atoms. The van der Waals surface area contributed by atoms with Gasteiger partial charge >= 0.3 is 6.18 Å². The first-order valence-electron chi connectivity index (χ1n) is 10.7.